The number of esters is 1. The van der Waals surface area contributed by atoms with Crippen LogP contribution in [-0.4, -0.2) is 27.7 Å². The highest BCUT2D eigenvalue weighted by atomic mass is 16.6. The summed E-state index contributed by atoms with van der Waals surface area (Å²) in [5.41, 5.74) is 2.86. The van der Waals surface area contributed by atoms with E-state index in [2.05, 4.69) is 15.1 Å². The molecule has 7 nitrogen and oxygen atoms in total. The van der Waals surface area contributed by atoms with Gasteiger partial charge in [0.15, 0.2) is 6.61 Å². The van der Waals surface area contributed by atoms with Crippen molar-refractivity contribution in [2.45, 2.75) is 26.9 Å². The van der Waals surface area contributed by atoms with Crippen molar-refractivity contribution in [2.75, 3.05) is 6.61 Å². The molecule has 2 heterocycles. The lowest BCUT2D eigenvalue weighted by atomic mass is 10.1. The number of rotatable bonds is 7. The lowest BCUT2D eigenvalue weighted by Gasteiger charge is -2.09. The number of benzene rings is 1. The third-order valence-electron chi connectivity index (χ3n) is 3.65. The highest BCUT2D eigenvalue weighted by molar-refractivity contribution is 5.69. The number of hydrogen-bond acceptors (Lipinski definition) is 7. The van der Waals surface area contributed by atoms with Crippen LogP contribution in [0.1, 0.15) is 23.4 Å². The Hall–Kier alpha value is -3.22. The number of aryl methyl sites for hydroxylation is 2. The molecule has 0 N–H and O–H groups in total. The second kappa shape index (κ2) is 8.24. The van der Waals surface area contributed by atoms with Crippen molar-refractivity contribution < 1.29 is 18.8 Å². The van der Waals surface area contributed by atoms with Gasteiger partial charge < -0.3 is 14.0 Å². The first-order valence-corrected chi connectivity index (χ1v) is 8.20. The smallest absolute Gasteiger partial charge is 0.309 e. The van der Waals surface area contributed by atoms with E-state index in [0.29, 0.717) is 5.82 Å². The Morgan fingerprint density at radius 2 is 2.12 bits per heavy atom. The fourth-order valence-corrected chi connectivity index (χ4v) is 2.25. The molecule has 2 aromatic heterocycles. The number of ether oxygens (including phenoxy) is 2. The molecule has 26 heavy (non-hydrogen) atoms. The minimum Gasteiger partial charge on any atom is -0.493 e. The predicted molar refractivity (Wildman–Crippen MR) is 93.4 cm³/mol. The Bertz CT molecular complexity index is 878. The lowest BCUT2D eigenvalue weighted by molar-refractivity contribution is -0.146. The Labute approximate surface area is 151 Å². The van der Waals surface area contributed by atoms with E-state index < -0.39 is 5.97 Å². The van der Waals surface area contributed by atoms with Crippen molar-refractivity contribution in [3.8, 4) is 17.1 Å². The summed E-state index contributed by atoms with van der Waals surface area (Å²) in [6.45, 7) is 4.12. The first-order chi connectivity index (χ1) is 12.6. The van der Waals surface area contributed by atoms with Crippen LogP contribution in [0.25, 0.3) is 11.4 Å². The maximum absolute atomic E-state index is 11.8. The van der Waals surface area contributed by atoms with Gasteiger partial charge in [-0.1, -0.05) is 17.3 Å². The summed E-state index contributed by atoms with van der Waals surface area (Å²) < 4.78 is 15.9. The maximum Gasteiger partial charge on any atom is 0.309 e. The van der Waals surface area contributed by atoms with Crippen LogP contribution in [-0.2, 0) is 16.1 Å². The molecule has 0 aliphatic rings. The van der Waals surface area contributed by atoms with Crippen LogP contribution in [0.15, 0.2) is 47.2 Å². The van der Waals surface area contributed by atoms with Crippen molar-refractivity contribution in [3.05, 3.63) is 59.7 Å². The fraction of sp³-hybridized carbons (Fsp3) is 0.263. The monoisotopic (exact) mass is 353 g/mol. The van der Waals surface area contributed by atoms with Gasteiger partial charge in [0.2, 0.25) is 5.82 Å². The number of hydrogen-bond donors (Lipinski definition) is 0. The van der Waals surface area contributed by atoms with Crippen molar-refractivity contribution >= 4 is 5.97 Å². The zero-order valence-corrected chi connectivity index (χ0v) is 14.6. The Morgan fingerprint density at radius 3 is 2.92 bits per heavy atom. The molecular formula is C19H19N3O4. The first-order valence-electron chi connectivity index (χ1n) is 8.20. The topological polar surface area (TPSA) is 87.3 Å². The van der Waals surface area contributed by atoms with Gasteiger partial charge in [-0.05, 0) is 43.2 Å². The second-order valence-corrected chi connectivity index (χ2v) is 5.78. The summed E-state index contributed by atoms with van der Waals surface area (Å²) in [4.78, 5) is 20.0. The number of aromatic nitrogens is 3. The molecule has 1 aromatic carbocycles. The molecule has 134 valence electrons. The van der Waals surface area contributed by atoms with Gasteiger partial charge in [0.05, 0.1) is 13.0 Å². The molecule has 0 atom stereocenters. The van der Waals surface area contributed by atoms with Crippen molar-refractivity contribution in [2.24, 2.45) is 0 Å². The minimum absolute atomic E-state index is 0.0738. The summed E-state index contributed by atoms with van der Waals surface area (Å²) >= 11 is 0. The molecule has 0 spiro atoms. The first kappa shape index (κ1) is 17.6. The second-order valence-electron chi connectivity index (χ2n) is 5.78. The van der Waals surface area contributed by atoms with Gasteiger partial charge in [0.25, 0.3) is 5.89 Å². The third kappa shape index (κ3) is 4.66. The molecular weight excluding hydrogens is 334 g/mol. The molecule has 7 heteroatoms. The SMILES string of the molecule is Cc1ccc(C)c(OCCC(=O)OCc2nc(-c3cccnc3)no2)c1. The predicted octanol–water partition coefficient (Wildman–Crippen LogP) is 3.26. The molecule has 0 bridgehead atoms. The number of nitrogens with zero attached hydrogens (tertiary/aromatic N) is 3. The Balaban J connectivity index is 1.44. The van der Waals surface area contributed by atoms with Gasteiger partial charge in [0, 0.05) is 18.0 Å². The molecule has 0 aliphatic carbocycles. The number of carbonyl (C=O) groups excluding carboxylic acids is 1. The van der Waals surface area contributed by atoms with Crippen LogP contribution in [0.4, 0.5) is 0 Å². The number of carbonyl (C=O) groups is 1. The van der Waals surface area contributed by atoms with Crippen molar-refractivity contribution in [3.63, 3.8) is 0 Å². The van der Waals surface area contributed by atoms with Gasteiger partial charge >= 0.3 is 5.97 Å². The summed E-state index contributed by atoms with van der Waals surface area (Å²) in [6, 6.07) is 9.54. The highest BCUT2D eigenvalue weighted by Gasteiger charge is 2.11. The van der Waals surface area contributed by atoms with E-state index in [9.17, 15) is 4.79 Å². The van der Waals surface area contributed by atoms with Gasteiger partial charge in [0.1, 0.15) is 5.75 Å². The zero-order valence-electron chi connectivity index (χ0n) is 14.6. The van der Waals surface area contributed by atoms with Gasteiger partial charge in [-0.15, -0.1) is 0 Å². The van der Waals surface area contributed by atoms with E-state index in [1.807, 2.05) is 38.1 Å². The van der Waals surface area contributed by atoms with Gasteiger partial charge in [-0.2, -0.15) is 4.98 Å². The van der Waals surface area contributed by atoms with Crippen LogP contribution < -0.4 is 4.74 Å². The summed E-state index contributed by atoms with van der Waals surface area (Å²) in [7, 11) is 0. The Kier molecular flexibility index (Phi) is 5.58. The zero-order chi connectivity index (χ0) is 18.4. The Morgan fingerprint density at radius 1 is 1.23 bits per heavy atom. The molecule has 0 saturated carbocycles. The fourth-order valence-electron chi connectivity index (χ4n) is 2.25. The van der Waals surface area contributed by atoms with Crippen LogP contribution in [0.3, 0.4) is 0 Å². The number of pyridine rings is 1. The molecule has 0 unspecified atom stereocenters. The van der Waals surface area contributed by atoms with Crippen LogP contribution in [0.2, 0.25) is 0 Å². The average Bonchev–Trinajstić information content (AvgIpc) is 3.13. The van der Waals surface area contributed by atoms with E-state index in [-0.39, 0.29) is 25.5 Å². The molecule has 0 fully saturated rings. The lowest BCUT2D eigenvalue weighted by Crippen LogP contribution is -2.10. The maximum atomic E-state index is 11.8. The minimum atomic E-state index is -0.392. The molecule has 0 saturated heterocycles. The summed E-state index contributed by atoms with van der Waals surface area (Å²) in [6.07, 6.45) is 3.43. The van der Waals surface area contributed by atoms with Crippen molar-refractivity contribution in [1.82, 2.24) is 15.1 Å². The normalized spacial score (nSPS) is 10.5. The third-order valence-corrected chi connectivity index (χ3v) is 3.65. The van der Waals surface area contributed by atoms with E-state index in [1.165, 1.54) is 0 Å². The van der Waals surface area contributed by atoms with Gasteiger partial charge in [-0.3, -0.25) is 9.78 Å². The van der Waals surface area contributed by atoms with Gasteiger partial charge in [-0.25, -0.2) is 0 Å². The van der Waals surface area contributed by atoms with Crippen molar-refractivity contribution in [1.29, 1.82) is 0 Å². The standard InChI is InChI=1S/C19H19N3O4/c1-13-5-6-14(2)16(10-13)24-9-7-18(23)25-12-17-21-19(22-26-17)15-4-3-8-20-11-15/h3-6,8,10-11H,7,9,12H2,1-2H3. The quantitative estimate of drug-likeness (QED) is 0.602. The molecule has 3 rings (SSSR count). The van der Waals surface area contributed by atoms with Crippen LogP contribution in [0, 0.1) is 13.8 Å². The molecule has 0 radical (unpaired) electrons. The van der Waals surface area contributed by atoms with Crippen LogP contribution >= 0.6 is 0 Å². The molecule has 3 aromatic rings. The highest BCUT2D eigenvalue weighted by Crippen LogP contribution is 2.19. The van der Waals surface area contributed by atoms with Crippen LogP contribution in [0.5, 0.6) is 5.75 Å². The summed E-state index contributed by atoms with van der Waals surface area (Å²) in [5.74, 6) is 1.02. The molecule has 0 amide bonds. The van der Waals surface area contributed by atoms with E-state index in [0.717, 1.165) is 22.4 Å². The van der Waals surface area contributed by atoms with E-state index >= 15 is 0 Å². The molecule has 0 aliphatic heterocycles. The average molecular weight is 353 g/mol. The largest absolute Gasteiger partial charge is 0.493 e. The van der Waals surface area contributed by atoms with E-state index in [1.54, 1.807) is 18.5 Å². The summed E-state index contributed by atoms with van der Waals surface area (Å²) in [5, 5.41) is 3.84. The van der Waals surface area contributed by atoms with E-state index in [4.69, 9.17) is 14.0 Å².